The standard InChI is InChI=1S/C15H21N3O2/c1-10(2)14-11(9-16)15(20-4)18(17-14)12-7-5-6-8-13(12)19-3/h5-8,10H,9,16H2,1-4H3. The normalized spacial score (nSPS) is 10.9. The first-order chi connectivity index (χ1) is 9.63. The molecule has 0 unspecified atom stereocenters. The molecule has 1 aromatic carbocycles. The molecule has 1 aromatic heterocycles. The van der Waals surface area contributed by atoms with E-state index >= 15 is 0 Å². The van der Waals surface area contributed by atoms with Crippen LogP contribution in [0.4, 0.5) is 0 Å². The van der Waals surface area contributed by atoms with Crippen LogP contribution in [0.15, 0.2) is 24.3 Å². The average Bonchev–Trinajstić information content (AvgIpc) is 2.85. The molecule has 2 N–H and O–H groups in total. The molecule has 0 amide bonds. The van der Waals surface area contributed by atoms with E-state index in [0.29, 0.717) is 12.4 Å². The van der Waals surface area contributed by atoms with Gasteiger partial charge < -0.3 is 15.2 Å². The number of nitrogens with two attached hydrogens (primary N) is 1. The summed E-state index contributed by atoms with van der Waals surface area (Å²) >= 11 is 0. The first-order valence-corrected chi connectivity index (χ1v) is 6.63. The summed E-state index contributed by atoms with van der Waals surface area (Å²) < 4.78 is 12.7. The predicted octanol–water partition coefficient (Wildman–Crippen LogP) is 2.47. The van der Waals surface area contributed by atoms with Gasteiger partial charge in [0.1, 0.15) is 11.4 Å². The number of hydrogen-bond donors (Lipinski definition) is 1. The Bertz CT molecular complexity index is 591. The molecule has 0 aliphatic heterocycles. The van der Waals surface area contributed by atoms with Gasteiger partial charge in [0.25, 0.3) is 0 Å². The number of methoxy groups -OCH3 is 2. The maximum atomic E-state index is 5.86. The lowest BCUT2D eigenvalue weighted by Gasteiger charge is -2.11. The van der Waals surface area contributed by atoms with Crippen molar-refractivity contribution in [1.29, 1.82) is 0 Å². The smallest absolute Gasteiger partial charge is 0.221 e. The van der Waals surface area contributed by atoms with Crippen molar-refractivity contribution in [2.75, 3.05) is 14.2 Å². The molecular weight excluding hydrogens is 254 g/mol. The third-order valence-corrected chi connectivity index (χ3v) is 3.23. The summed E-state index contributed by atoms with van der Waals surface area (Å²) in [6.07, 6.45) is 0. The van der Waals surface area contributed by atoms with Crippen LogP contribution in [0.5, 0.6) is 11.6 Å². The van der Waals surface area contributed by atoms with E-state index in [1.54, 1.807) is 18.9 Å². The third kappa shape index (κ3) is 2.36. The number of nitrogens with zero attached hydrogens (tertiary/aromatic N) is 2. The van der Waals surface area contributed by atoms with Crippen molar-refractivity contribution in [2.24, 2.45) is 5.73 Å². The van der Waals surface area contributed by atoms with Crippen molar-refractivity contribution < 1.29 is 9.47 Å². The average molecular weight is 275 g/mol. The van der Waals surface area contributed by atoms with E-state index in [9.17, 15) is 0 Å². The molecule has 0 radical (unpaired) electrons. The van der Waals surface area contributed by atoms with Crippen LogP contribution < -0.4 is 15.2 Å². The van der Waals surface area contributed by atoms with Gasteiger partial charge in [0.15, 0.2) is 0 Å². The van der Waals surface area contributed by atoms with Gasteiger partial charge >= 0.3 is 0 Å². The highest BCUT2D eigenvalue weighted by Gasteiger charge is 2.21. The van der Waals surface area contributed by atoms with E-state index in [1.165, 1.54) is 0 Å². The molecule has 5 nitrogen and oxygen atoms in total. The lowest BCUT2D eigenvalue weighted by molar-refractivity contribution is 0.373. The molecule has 0 aliphatic carbocycles. The minimum absolute atomic E-state index is 0.276. The van der Waals surface area contributed by atoms with Crippen LogP contribution in [0, 0.1) is 0 Å². The van der Waals surface area contributed by atoms with Gasteiger partial charge in [-0.05, 0) is 18.1 Å². The Balaban J connectivity index is 2.67. The van der Waals surface area contributed by atoms with E-state index in [0.717, 1.165) is 22.7 Å². The van der Waals surface area contributed by atoms with E-state index in [-0.39, 0.29) is 5.92 Å². The van der Waals surface area contributed by atoms with Crippen molar-refractivity contribution in [3.63, 3.8) is 0 Å². The van der Waals surface area contributed by atoms with E-state index in [4.69, 9.17) is 15.2 Å². The van der Waals surface area contributed by atoms with Gasteiger partial charge in [0, 0.05) is 6.54 Å². The summed E-state index contributed by atoms with van der Waals surface area (Å²) in [5, 5.41) is 4.66. The second-order valence-corrected chi connectivity index (χ2v) is 4.82. The fourth-order valence-corrected chi connectivity index (χ4v) is 2.28. The van der Waals surface area contributed by atoms with Gasteiger partial charge in [-0.1, -0.05) is 26.0 Å². The van der Waals surface area contributed by atoms with Crippen molar-refractivity contribution >= 4 is 0 Å². The highest BCUT2D eigenvalue weighted by molar-refractivity contribution is 5.50. The lowest BCUT2D eigenvalue weighted by atomic mass is 10.1. The summed E-state index contributed by atoms with van der Waals surface area (Å²) in [5.41, 5.74) is 8.60. The van der Waals surface area contributed by atoms with E-state index in [1.807, 2.05) is 24.3 Å². The van der Waals surface area contributed by atoms with Crippen LogP contribution in [-0.2, 0) is 6.54 Å². The molecule has 108 valence electrons. The minimum Gasteiger partial charge on any atom is -0.494 e. The summed E-state index contributed by atoms with van der Waals surface area (Å²) in [5.74, 6) is 1.69. The largest absolute Gasteiger partial charge is 0.494 e. The lowest BCUT2D eigenvalue weighted by Crippen LogP contribution is -2.04. The molecule has 0 saturated heterocycles. The second kappa shape index (κ2) is 5.96. The van der Waals surface area contributed by atoms with Gasteiger partial charge in [-0.3, -0.25) is 0 Å². The Morgan fingerprint density at radius 2 is 1.90 bits per heavy atom. The van der Waals surface area contributed by atoms with Gasteiger partial charge in [-0.15, -0.1) is 0 Å². The van der Waals surface area contributed by atoms with E-state index < -0.39 is 0 Å². The monoisotopic (exact) mass is 275 g/mol. The Morgan fingerprint density at radius 1 is 1.20 bits per heavy atom. The van der Waals surface area contributed by atoms with Crippen LogP contribution in [0.3, 0.4) is 0 Å². The predicted molar refractivity (Wildman–Crippen MR) is 78.6 cm³/mol. The number of hydrogen-bond acceptors (Lipinski definition) is 4. The summed E-state index contributed by atoms with van der Waals surface area (Å²) in [4.78, 5) is 0. The topological polar surface area (TPSA) is 62.3 Å². The van der Waals surface area contributed by atoms with Crippen molar-refractivity contribution in [3.8, 4) is 17.3 Å². The van der Waals surface area contributed by atoms with Crippen LogP contribution in [0.2, 0.25) is 0 Å². The van der Waals surface area contributed by atoms with Crippen LogP contribution in [0.1, 0.15) is 31.0 Å². The number of para-hydroxylation sites is 2. The van der Waals surface area contributed by atoms with Gasteiger partial charge in [0.05, 0.1) is 25.5 Å². The molecule has 0 fully saturated rings. The van der Waals surface area contributed by atoms with E-state index in [2.05, 4.69) is 18.9 Å². The minimum atomic E-state index is 0.276. The molecule has 0 spiro atoms. The first kappa shape index (κ1) is 14.4. The number of benzene rings is 1. The second-order valence-electron chi connectivity index (χ2n) is 4.82. The fraction of sp³-hybridized carbons (Fsp3) is 0.400. The fourth-order valence-electron chi connectivity index (χ4n) is 2.28. The van der Waals surface area contributed by atoms with Crippen molar-refractivity contribution in [2.45, 2.75) is 26.3 Å². The SMILES string of the molecule is COc1ccccc1-n1nc(C(C)C)c(CN)c1OC. The molecule has 2 rings (SSSR count). The summed E-state index contributed by atoms with van der Waals surface area (Å²) in [6.45, 7) is 4.58. The molecule has 0 atom stereocenters. The maximum Gasteiger partial charge on any atom is 0.221 e. The Hall–Kier alpha value is -2.01. The zero-order chi connectivity index (χ0) is 14.7. The molecule has 2 aromatic rings. The Labute approximate surface area is 119 Å². The van der Waals surface area contributed by atoms with Crippen LogP contribution in [-0.4, -0.2) is 24.0 Å². The Morgan fingerprint density at radius 3 is 2.45 bits per heavy atom. The zero-order valence-electron chi connectivity index (χ0n) is 12.4. The molecule has 5 heteroatoms. The summed E-state index contributed by atoms with van der Waals surface area (Å²) in [6, 6.07) is 7.70. The molecule has 1 heterocycles. The van der Waals surface area contributed by atoms with Gasteiger partial charge in [-0.25, -0.2) is 0 Å². The van der Waals surface area contributed by atoms with Crippen molar-refractivity contribution in [1.82, 2.24) is 9.78 Å². The molecule has 0 bridgehead atoms. The molecular formula is C15H21N3O2. The molecule has 0 aliphatic rings. The van der Waals surface area contributed by atoms with Gasteiger partial charge in [-0.2, -0.15) is 9.78 Å². The molecule has 0 saturated carbocycles. The maximum absolute atomic E-state index is 5.86. The Kier molecular flexibility index (Phi) is 4.29. The highest BCUT2D eigenvalue weighted by Crippen LogP contribution is 2.32. The number of rotatable bonds is 5. The van der Waals surface area contributed by atoms with Crippen molar-refractivity contribution in [3.05, 3.63) is 35.5 Å². The summed E-state index contributed by atoms with van der Waals surface area (Å²) in [7, 11) is 3.27. The van der Waals surface area contributed by atoms with Crippen LogP contribution in [0.25, 0.3) is 5.69 Å². The zero-order valence-corrected chi connectivity index (χ0v) is 12.4. The quantitative estimate of drug-likeness (QED) is 0.910. The number of ether oxygens (including phenoxy) is 2. The highest BCUT2D eigenvalue weighted by atomic mass is 16.5. The first-order valence-electron chi connectivity index (χ1n) is 6.63. The third-order valence-electron chi connectivity index (χ3n) is 3.23. The van der Waals surface area contributed by atoms with Gasteiger partial charge in [0.2, 0.25) is 5.88 Å². The van der Waals surface area contributed by atoms with Crippen LogP contribution >= 0.6 is 0 Å². The molecule has 20 heavy (non-hydrogen) atoms. The number of aromatic nitrogens is 2.